The first kappa shape index (κ1) is 14.0. The molecule has 0 bridgehead atoms. The largest absolute Gasteiger partial charge is 0.396 e. The second-order valence-corrected chi connectivity index (χ2v) is 6.62. The molecule has 16 heavy (non-hydrogen) atoms. The summed E-state index contributed by atoms with van der Waals surface area (Å²) in [6.45, 7) is 0.0969. The average molecular weight is 324 g/mol. The Morgan fingerprint density at radius 2 is 2.44 bits per heavy atom. The number of aliphatic hydroxyl groups excluding tert-OH is 1. The van der Waals surface area contributed by atoms with Gasteiger partial charge in [0.1, 0.15) is 0 Å². The molecule has 1 aromatic rings. The van der Waals surface area contributed by atoms with Crippen LogP contribution in [0.4, 0.5) is 0 Å². The van der Waals surface area contributed by atoms with Crippen molar-refractivity contribution >= 4 is 44.9 Å². The number of thioether (sulfide) groups is 1. The molecule has 0 spiro atoms. The fourth-order valence-electron chi connectivity index (χ4n) is 1.25. The molecule has 1 rings (SSSR count). The van der Waals surface area contributed by atoms with Gasteiger partial charge in [-0.2, -0.15) is 11.8 Å². The van der Waals surface area contributed by atoms with Crippen molar-refractivity contribution in [3.05, 3.63) is 20.8 Å². The summed E-state index contributed by atoms with van der Waals surface area (Å²) in [4.78, 5) is 12.5. The maximum Gasteiger partial charge on any atom is 0.261 e. The molecule has 0 saturated carbocycles. The zero-order valence-corrected chi connectivity index (χ0v) is 12.1. The van der Waals surface area contributed by atoms with Crippen molar-refractivity contribution in [2.24, 2.45) is 0 Å². The topological polar surface area (TPSA) is 49.3 Å². The molecule has 3 nitrogen and oxygen atoms in total. The molecule has 0 aliphatic carbocycles. The molecular weight excluding hydrogens is 310 g/mol. The van der Waals surface area contributed by atoms with Crippen molar-refractivity contribution < 1.29 is 9.90 Å². The molecule has 0 saturated heterocycles. The number of aliphatic hydroxyl groups is 1. The first-order valence-electron chi connectivity index (χ1n) is 4.83. The molecule has 90 valence electrons. The molecule has 1 amide bonds. The van der Waals surface area contributed by atoms with E-state index in [-0.39, 0.29) is 18.6 Å². The van der Waals surface area contributed by atoms with E-state index in [4.69, 9.17) is 5.11 Å². The quantitative estimate of drug-likeness (QED) is 0.844. The summed E-state index contributed by atoms with van der Waals surface area (Å²) in [5, 5.41) is 11.8. The van der Waals surface area contributed by atoms with E-state index in [0.29, 0.717) is 11.3 Å². The van der Waals surface area contributed by atoms with Gasteiger partial charge in [0.2, 0.25) is 0 Å². The van der Waals surface area contributed by atoms with Crippen molar-refractivity contribution in [3.63, 3.8) is 0 Å². The standard InChI is InChI=1S/C10H14BrNO2S2/c1-15-6-7(4-5-13)12-10(14)8-2-3-9(11)16-8/h2-3,7,13H,4-6H2,1H3,(H,12,14). The molecular formula is C10H14BrNO2S2. The van der Waals surface area contributed by atoms with Crippen LogP contribution in [0.15, 0.2) is 15.9 Å². The SMILES string of the molecule is CSCC(CCO)NC(=O)c1ccc(Br)s1. The van der Waals surface area contributed by atoms with Crippen molar-refractivity contribution in [1.29, 1.82) is 0 Å². The predicted octanol–water partition coefficient (Wildman–Crippen LogP) is 2.35. The predicted molar refractivity (Wildman–Crippen MR) is 73.4 cm³/mol. The average Bonchev–Trinajstić information content (AvgIpc) is 2.65. The molecule has 0 aliphatic rings. The normalized spacial score (nSPS) is 12.4. The molecule has 0 aliphatic heterocycles. The molecule has 1 unspecified atom stereocenters. The lowest BCUT2D eigenvalue weighted by Gasteiger charge is -2.15. The minimum absolute atomic E-state index is 0.0355. The van der Waals surface area contributed by atoms with Gasteiger partial charge < -0.3 is 10.4 Å². The van der Waals surface area contributed by atoms with Gasteiger partial charge in [-0.05, 0) is 40.7 Å². The van der Waals surface area contributed by atoms with Gasteiger partial charge in [-0.1, -0.05) is 0 Å². The summed E-state index contributed by atoms with van der Waals surface area (Å²) < 4.78 is 0.946. The van der Waals surface area contributed by atoms with Crippen LogP contribution in [0.1, 0.15) is 16.1 Å². The van der Waals surface area contributed by atoms with Crippen molar-refractivity contribution in [3.8, 4) is 0 Å². The number of carbonyl (C=O) groups is 1. The van der Waals surface area contributed by atoms with E-state index in [9.17, 15) is 4.79 Å². The minimum Gasteiger partial charge on any atom is -0.396 e. The number of carbonyl (C=O) groups excluding carboxylic acids is 1. The Bertz CT molecular complexity index is 337. The summed E-state index contributed by atoms with van der Waals surface area (Å²) in [5.41, 5.74) is 0. The van der Waals surface area contributed by atoms with Crippen molar-refractivity contribution in [2.75, 3.05) is 18.6 Å². The van der Waals surface area contributed by atoms with Crippen LogP contribution < -0.4 is 5.32 Å². The monoisotopic (exact) mass is 323 g/mol. The van der Waals surface area contributed by atoms with Crippen LogP contribution in [0.5, 0.6) is 0 Å². The maximum absolute atomic E-state index is 11.8. The number of nitrogens with one attached hydrogen (secondary N) is 1. The Hall–Kier alpha value is -0.0400. The second-order valence-electron chi connectivity index (χ2n) is 3.24. The van der Waals surface area contributed by atoms with Crippen LogP contribution in [-0.2, 0) is 0 Å². The van der Waals surface area contributed by atoms with Gasteiger partial charge in [-0.15, -0.1) is 11.3 Å². The van der Waals surface area contributed by atoms with Gasteiger partial charge in [-0.3, -0.25) is 4.79 Å². The molecule has 1 aromatic heterocycles. The highest BCUT2D eigenvalue weighted by Crippen LogP contribution is 2.22. The van der Waals surface area contributed by atoms with Gasteiger partial charge in [0, 0.05) is 18.4 Å². The molecule has 6 heteroatoms. The van der Waals surface area contributed by atoms with Crippen LogP contribution in [0.2, 0.25) is 0 Å². The van der Waals surface area contributed by atoms with E-state index in [2.05, 4.69) is 21.2 Å². The molecule has 1 atom stereocenters. The van der Waals surface area contributed by atoms with E-state index < -0.39 is 0 Å². The number of hydrogen-bond donors (Lipinski definition) is 2. The molecule has 2 N–H and O–H groups in total. The second kappa shape index (κ2) is 7.32. The van der Waals surface area contributed by atoms with Gasteiger partial charge in [-0.25, -0.2) is 0 Å². The molecule has 1 heterocycles. The highest BCUT2D eigenvalue weighted by molar-refractivity contribution is 9.11. The van der Waals surface area contributed by atoms with Gasteiger partial charge in [0.05, 0.1) is 8.66 Å². The van der Waals surface area contributed by atoms with Crippen LogP contribution >= 0.6 is 39.0 Å². The Labute approximate surface area is 112 Å². The summed E-state index contributed by atoms with van der Waals surface area (Å²) in [6, 6.07) is 3.68. The number of rotatable bonds is 6. The fraction of sp³-hybridized carbons (Fsp3) is 0.500. The fourth-order valence-corrected chi connectivity index (χ4v) is 3.19. The summed E-state index contributed by atoms with van der Waals surface area (Å²) in [5.74, 6) is 0.752. The number of amides is 1. The smallest absolute Gasteiger partial charge is 0.261 e. The molecule has 0 aromatic carbocycles. The first-order valence-corrected chi connectivity index (χ1v) is 7.83. The van der Waals surface area contributed by atoms with E-state index in [1.165, 1.54) is 11.3 Å². The van der Waals surface area contributed by atoms with Gasteiger partial charge >= 0.3 is 0 Å². The van der Waals surface area contributed by atoms with E-state index in [0.717, 1.165) is 9.54 Å². The Kier molecular flexibility index (Phi) is 6.41. The Morgan fingerprint density at radius 1 is 1.69 bits per heavy atom. The highest BCUT2D eigenvalue weighted by atomic mass is 79.9. The van der Waals surface area contributed by atoms with Crippen LogP contribution in [0.25, 0.3) is 0 Å². The Balaban J connectivity index is 2.54. The number of halogens is 1. The third kappa shape index (κ3) is 4.45. The molecule has 0 radical (unpaired) electrons. The summed E-state index contributed by atoms with van der Waals surface area (Å²) >= 11 is 6.39. The summed E-state index contributed by atoms with van der Waals surface area (Å²) in [7, 11) is 0. The van der Waals surface area contributed by atoms with Crippen molar-refractivity contribution in [2.45, 2.75) is 12.5 Å². The van der Waals surface area contributed by atoms with Crippen LogP contribution in [-0.4, -0.2) is 35.7 Å². The maximum atomic E-state index is 11.8. The highest BCUT2D eigenvalue weighted by Gasteiger charge is 2.14. The number of thiophene rings is 1. The summed E-state index contributed by atoms with van der Waals surface area (Å²) in [6.07, 6.45) is 2.58. The zero-order valence-electron chi connectivity index (χ0n) is 8.90. The van der Waals surface area contributed by atoms with Crippen LogP contribution in [0.3, 0.4) is 0 Å². The number of hydrogen-bond acceptors (Lipinski definition) is 4. The third-order valence-electron chi connectivity index (χ3n) is 1.98. The van der Waals surface area contributed by atoms with Crippen LogP contribution in [0, 0.1) is 0 Å². The van der Waals surface area contributed by atoms with E-state index in [1.807, 2.05) is 12.3 Å². The van der Waals surface area contributed by atoms with Gasteiger partial charge in [0.15, 0.2) is 0 Å². The minimum atomic E-state index is -0.0665. The lowest BCUT2D eigenvalue weighted by molar-refractivity contribution is 0.0939. The lowest BCUT2D eigenvalue weighted by Crippen LogP contribution is -2.36. The molecule has 0 fully saturated rings. The van der Waals surface area contributed by atoms with E-state index in [1.54, 1.807) is 17.8 Å². The zero-order chi connectivity index (χ0) is 12.0. The Morgan fingerprint density at radius 3 is 2.94 bits per heavy atom. The van der Waals surface area contributed by atoms with E-state index >= 15 is 0 Å². The van der Waals surface area contributed by atoms with Crippen molar-refractivity contribution in [1.82, 2.24) is 5.32 Å². The third-order valence-corrected chi connectivity index (χ3v) is 4.34. The first-order chi connectivity index (χ1) is 7.67. The lowest BCUT2D eigenvalue weighted by atomic mass is 10.2. The van der Waals surface area contributed by atoms with Gasteiger partial charge in [0.25, 0.3) is 5.91 Å².